The number of halogens is 1. The maximum absolute atomic E-state index is 11.9. The van der Waals surface area contributed by atoms with E-state index in [1.807, 2.05) is 0 Å². The molecular formula is C15H15ClN2O5S. The van der Waals surface area contributed by atoms with Crippen LogP contribution in [-0.4, -0.2) is 20.9 Å². The minimum atomic E-state index is -0.584. The summed E-state index contributed by atoms with van der Waals surface area (Å²) < 4.78 is 7.72. The minimum absolute atomic E-state index is 0.00512. The van der Waals surface area contributed by atoms with Crippen LogP contribution in [0.3, 0.4) is 0 Å². The first-order chi connectivity index (χ1) is 11.3. The van der Waals surface area contributed by atoms with Crippen molar-refractivity contribution in [3.63, 3.8) is 0 Å². The Morgan fingerprint density at radius 3 is 2.50 bits per heavy atom. The predicted molar refractivity (Wildman–Crippen MR) is 89.6 cm³/mol. The van der Waals surface area contributed by atoms with E-state index < -0.39 is 17.2 Å². The zero-order valence-corrected chi connectivity index (χ0v) is 14.6. The number of carbonyl (C=O) groups is 2. The van der Waals surface area contributed by atoms with Gasteiger partial charge in [0.25, 0.3) is 5.56 Å². The van der Waals surface area contributed by atoms with Crippen molar-refractivity contribution in [3.8, 4) is 0 Å². The zero-order chi connectivity index (χ0) is 17.9. The second kappa shape index (κ2) is 7.59. The van der Waals surface area contributed by atoms with Crippen LogP contribution >= 0.6 is 22.9 Å². The lowest BCUT2D eigenvalue weighted by Crippen LogP contribution is -2.38. The number of ether oxygens (including phenoxy) is 1. The lowest BCUT2D eigenvalue weighted by atomic mass is 10.2. The van der Waals surface area contributed by atoms with Crippen molar-refractivity contribution in [2.75, 3.05) is 0 Å². The van der Waals surface area contributed by atoms with Gasteiger partial charge in [-0.2, -0.15) is 0 Å². The molecule has 0 aromatic carbocycles. The summed E-state index contributed by atoms with van der Waals surface area (Å²) in [6, 6.07) is 4.46. The van der Waals surface area contributed by atoms with E-state index in [1.165, 1.54) is 24.7 Å². The number of aromatic nitrogens is 2. The van der Waals surface area contributed by atoms with Crippen LogP contribution in [0.1, 0.15) is 28.2 Å². The number of hydrogen-bond acceptors (Lipinski definition) is 6. The molecule has 0 aliphatic carbocycles. The van der Waals surface area contributed by atoms with Gasteiger partial charge in [0, 0.05) is 26.6 Å². The number of esters is 1. The molecule has 0 aliphatic heterocycles. The van der Waals surface area contributed by atoms with Crippen LogP contribution in [0.25, 0.3) is 0 Å². The van der Waals surface area contributed by atoms with Gasteiger partial charge < -0.3 is 4.74 Å². The molecule has 2 aromatic heterocycles. The van der Waals surface area contributed by atoms with Crippen LogP contribution in [0.2, 0.25) is 4.34 Å². The number of rotatable bonds is 6. The summed E-state index contributed by atoms with van der Waals surface area (Å²) in [6.45, 7) is -0.209. The van der Waals surface area contributed by atoms with Gasteiger partial charge in [0.1, 0.15) is 6.61 Å². The molecule has 0 N–H and O–H groups in total. The summed E-state index contributed by atoms with van der Waals surface area (Å²) in [5.41, 5.74) is -0.694. The monoisotopic (exact) mass is 370 g/mol. The summed E-state index contributed by atoms with van der Waals surface area (Å²) >= 11 is 6.91. The summed E-state index contributed by atoms with van der Waals surface area (Å²) in [6.07, 6.45) is -0.0850. The third-order valence-corrected chi connectivity index (χ3v) is 4.68. The molecule has 2 heterocycles. The van der Waals surface area contributed by atoms with Gasteiger partial charge in [0.15, 0.2) is 5.78 Å². The molecule has 0 spiro atoms. The van der Waals surface area contributed by atoms with E-state index in [4.69, 9.17) is 16.3 Å². The van der Waals surface area contributed by atoms with Gasteiger partial charge in [-0.05, 0) is 12.1 Å². The highest BCUT2D eigenvalue weighted by molar-refractivity contribution is 7.18. The highest BCUT2D eigenvalue weighted by atomic mass is 35.5. The molecule has 128 valence electrons. The molecular weight excluding hydrogens is 356 g/mol. The van der Waals surface area contributed by atoms with Gasteiger partial charge in [0.05, 0.1) is 21.3 Å². The fraction of sp³-hybridized carbons (Fsp3) is 0.333. The van der Waals surface area contributed by atoms with Crippen molar-refractivity contribution in [2.24, 2.45) is 14.1 Å². The van der Waals surface area contributed by atoms with Crippen molar-refractivity contribution in [1.29, 1.82) is 0 Å². The molecule has 24 heavy (non-hydrogen) atoms. The van der Waals surface area contributed by atoms with Crippen molar-refractivity contribution in [1.82, 2.24) is 9.13 Å². The van der Waals surface area contributed by atoms with Crippen molar-refractivity contribution in [3.05, 3.63) is 53.9 Å². The smallest absolute Gasteiger partial charge is 0.330 e. The molecule has 7 nitrogen and oxygen atoms in total. The first kappa shape index (κ1) is 18.2. The standard InChI is InChI=1S/C15H15ClN2O5S/c1-17-9(7-13(20)18(2)15(17)22)8-23-14(21)6-3-10(19)11-4-5-12(16)24-11/h4-5,7H,3,6,8H2,1-2H3. The van der Waals surface area contributed by atoms with Crippen molar-refractivity contribution in [2.45, 2.75) is 19.4 Å². The van der Waals surface area contributed by atoms with Crippen LogP contribution in [0.15, 0.2) is 27.8 Å². The van der Waals surface area contributed by atoms with Crippen molar-refractivity contribution < 1.29 is 14.3 Å². The van der Waals surface area contributed by atoms with Crippen LogP contribution in [-0.2, 0) is 30.2 Å². The molecule has 2 rings (SSSR count). The molecule has 0 saturated carbocycles. The molecule has 0 bridgehead atoms. The van der Waals surface area contributed by atoms with E-state index in [0.717, 1.165) is 15.9 Å². The number of nitrogens with zero attached hydrogens (tertiary/aromatic N) is 2. The summed E-state index contributed by atoms with van der Waals surface area (Å²) in [5.74, 6) is -0.774. The lowest BCUT2D eigenvalue weighted by molar-refractivity contribution is -0.145. The van der Waals surface area contributed by atoms with Crippen LogP contribution < -0.4 is 11.2 Å². The molecule has 0 amide bonds. The molecule has 0 radical (unpaired) electrons. The first-order valence-electron chi connectivity index (χ1n) is 6.99. The van der Waals surface area contributed by atoms with Gasteiger partial charge in [0.2, 0.25) is 0 Å². The quantitative estimate of drug-likeness (QED) is 0.568. The Kier molecular flexibility index (Phi) is 5.74. The Labute approximate surface area is 146 Å². The van der Waals surface area contributed by atoms with E-state index >= 15 is 0 Å². The van der Waals surface area contributed by atoms with Crippen LogP contribution in [0.5, 0.6) is 0 Å². The van der Waals surface area contributed by atoms with E-state index in [1.54, 1.807) is 12.1 Å². The molecule has 0 saturated heterocycles. The summed E-state index contributed by atoms with van der Waals surface area (Å²) in [4.78, 5) is 47.4. The fourth-order valence-corrected chi connectivity index (χ4v) is 2.96. The van der Waals surface area contributed by atoms with Gasteiger partial charge in [-0.25, -0.2) is 4.79 Å². The third-order valence-electron chi connectivity index (χ3n) is 3.41. The van der Waals surface area contributed by atoms with E-state index in [9.17, 15) is 19.2 Å². The maximum Gasteiger partial charge on any atom is 0.330 e. The predicted octanol–water partition coefficient (Wildman–Crippen LogP) is 1.51. The highest BCUT2D eigenvalue weighted by Gasteiger charge is 2.13. The molecule has 0 fully saturated rings. The molecule has 0 aliphatic rings. The van der Waals surface area contributed by atoms with Crippen LogP contribution in [0, 0.1) is 0 Å². The number of thiophene rings is 1. The number of carbonyl (C=O) groups excluding carboxylic acids is 2. The third kappa shape index (κ3) is 4.21. The Morgan fingerprint density at radius 1 is 1.17 bits per heavy atom. The van der Waals surface area contributed by atoms with Gasteiger partial charge in [-0.15, -0.1) is 11.3 Å². The van der Waals surface area contributed by atoms with E-state index in [-0.39, 0.29) is 30.9 Å². The highest BCUT2D eigenvalue weighted by Crippen LogP contribution is 2.22. The molecule has 9 heteroatoms. The maximum atomic E-state index is 11.9. The first-order valence-corrected chi connectivity index (χ1v) is 8.19. The van der Waals surface area contributed by atoms with E-state index in [0.29, 0.717) is 9.21 Å². The Bertz CT molecular complexity index is 896. The Morgan fingerprint density at radius 2 is 1.88 bits per heavy atom. The average molecular weight is 371 g/mol. The number of hydrogen-bond donors (Lipinski definition) is 0. The second-order valence-corrected chi connectivity index (χ2v) is 6.78. The van der Waals surface area contributed by atoms with Crippen molar-refractivity contribution >= 4 is 34.7 Å². The normalized spacial score (nSPS) is 10.6. The number of ketones is 1. The average Bonchev–Trinajstić information content (AvgIpc) is 2.99. The second-order valence-electron chi connectivity index (χ2n) is 5.06. The number of Topliss-reactive ketones (excluding diaryl/α,β-unsaturated/α-hetero) is 1. The van der Waals surface area contributed by atoms with Gasteiger partial charge >= 0.3 is 11.7 Å². The molecule has 0 atom stereocenters. The summed E-state index contributed by atoms with van der Waals surface area (Å²) in [5, 5.41) is 0. The fourth-order valence-electron chi connectivity index (χ4n) is 1.95. The largest absolute Gasteiger partial charge is 0.459 e. The summed E-state index contributed by atoms with van der Waals surface area (Å²) in [7, 11) is 2.85. The van der Waals surface area contributed by atoms with E-state index in [2.05, 4.69) is 0 Å². The topological polar surface area (TPSA) is 87.4 Å². The lowest BCUT2D eigenvalue weighted by Gasteiger charge is -2.09. The van der Waals surface area contributed by atoms with Gasteiger partial charge in [-0.1, -0.05) is 11.6 Å². The SMILES string of the molecule is Cn1c(COC(=O)CCC(=O)c2ccc(Cl)s2)cc(=O)n(C)c1=O. The zero-order valence-electron chi connectivity index (χ0n) is 13.1. The van der Waals surface area contributed by atoms with Crippen LogP contribution in [0.4, 0.5) is 0 Å². The Hall–Kier alpha value is -2.19. The minimum Gasteiger partial charge on any atom is -0.459 e. The Balaban J connectivity index is 1.91. The molecule has 0 unspecified atom stereocenters. The molecule has 2 aromatic rings. The van der Waals surface area contributed by atoms with Gasteiger partial charge in [-0.3, -0.25) is 23.5 Å².